The predicted molar refractivity (Wildman–Crippen MR) is 113 cm³/mol. The van der Waals surface area contributed by atoms with Crippen LogP contribution in [-0.4, -0.2) is 36.9 Å². The second-order valence-electron chi connectivity index (χ2n) is 7.40. The minimum absolute atomic E-state index is 0.0614. The van der Waals surface area contributed by atoms with Crippen molar-refractivity contribution in [3.8, 4) is 0 Å². The summed E-state index contributed by atoms with van der Waals surface area (Å²) in [5.41, 5.74) is 2.88. The zero-order valence-corrected chi connectivity index (χ0v) is 16.4. The van der Waals surface area contributed by atoms with E-state index in [1.54, 1.807) is 15.9 Å². The molecule has 7 heteroatoms. The van der Waals surface area contributed by atoms with Crippen LogP contribution in [0.25, 0.3) is 0 Å². The zero-order valence-electron chi connectivity index (χ0n) is 16.4. The Morgan fingerprint density at radius 2 is 1.83 bits per heavy atom. The molecule has 7 nitrogen and oxygen atoms in total. The molecule has 0 unspecified atom stereocenters. The van der Waals surface area contributed by atoms with Crippen molar-refractivity contribution in [3.63, 3.8) is 0 Å². The lowest BCUT2D eigenvalue weighted by atomic mass is 10.1. The Hall–Kier alpha value is -3.35. The van der Waals surface area contributed by atoms with Gasteiger partial charge in [-0.25, -0.2) is 0 Å². The zero-order chi connectivity index (χ0) is 20.4. The number of benzene rings is 2. The van der Waals surface area contributed by atoms with Gasteiger partial charge in [0.25, 0.3) is 0 Å². The van der Waals surface area contributed by atoms with E-state index >= 15 is 0 Å². The first-order valence-electron chi connectivity index (χ1n) is 9.89. The largest absolute Gasteiger partial charge is 0.374 e. The molecule has 3 amide bonds. The molecule has 1 saturated heterocycles. The Bertz CT molecular complexity index is 959. The van der Waals surface area contributed by atoms with E-state index < -0.39 is 0 Å². The van der Waals surface area contributed by atoms with E-state index in [-0.39, 0.29) is 36.7 Å². The Balaban J connectivity index is 1.55. The second-order valence-corrected chi connectivity index (χ2v) is 7.40. The number of hydrogen-bond donors (Lipinski definition) is 2. The molecule has 29 heavy (non-hydrogen) atoms. The number of para-hydroxylation sites is 4. The van der Waals surface area contributed by atoms with Gasteiger partial charge in [0.15, 0.2) is 0 Å². The number of carbonyl (C=O) groups excluding carboxylic acids is 3. The first-order chi connectivity index (χ1) is 14.0. The summed E-state index contributed by atoms with van der Waals surface area (Å²) in [5, 5.41) is 6.07. The summed E-state index contributed by atoms with van der Waals surface area (Å²) in [5.74, 6) is -0.139. The maximum absolute atomic E-state index is 13.1. The summed E-state index contributed by atoms with van der Waals surface area (Å²) in [6.45, 7) is 2.62. The highest BCUT2D eigenvalue weighted by Crippen LogP contribution is 2.32. The third-order valence-electron chi connectivity index (χ3n) is 5.33. The standard InChI is InChI=1S/C22H24N4O3/c1-15-13-20(27)24-17-8-3-5-10-19(17)26(15)22(29)14-23-16-7-2-4-9-18(16)25-12-6-11-21(25)28/h2-5,7-10,15,23H,6,11-14H2,1H3,(H,24,27)/t15-/m1/s1. The molecule has 2 aromatic carbocycles. The summed E-state index contributed by atoms with van der Waals surface area (Å²) in [6.07, 6.45) is 1.63. The minimum Gasteiger partial charge on any atom is -0.374 e. The molecule has 2 aliphatic heterocycles. The summed E-state index contributed by atoms with van der Waals surface area (Å²) < 4.78 is 0. The van der Waals surface area contributed by atoms with Gasteiger partial charge in [-0.2, -0.15) is 0 Å². The fourth-order valence-corrected chi connectivity index (χ4v) is 3.99. The molecule has 4 rings (SSSR count). The first-order valence-corrected chi connectivity index (χ1v) is 9.89. The van der Waals surface area contributed by atoms with E-state index in [9.17, 15) is 14.4 Å². The van der Waals surface area contributed by atoms with Gasteiger partial charge in [0.1, 0.15) is 0 Å². The van der Waals surface area contributed by atoms with Crippen LogP contribution in [0.4, 0.5) is 22.7 Å². The Labute approximate surface area is 169 Å². The van der Waals surface area contributed by atoms with E-state index in [1.807, 2.05) is 49.4 Å². The highest BCUT2D eigenvalue weighted by molar-refractivity contribution is 6.06. The highest BCUT2D eigenvalue weighted by atomic mass is 16.2. The molecule has 0 aliphatic carbocycles. The Morgan fingerprint density at radius 1 is 1.10 bits per heavy atom. The molecule has 1 atom stereocenters. The van der Waals surface area contributed by atoms with Crippen molar-refractivity contribution >= 4 is 40.5 Å². The lowest BCUT2D eigenvalue weighted by Gasteiger charge is -2.28. The summed E-state index contributed by atoms with van der Waals surface area (Å²) >= 11 is 0. The highest BCUT2D eigenvalue weighted by Gasteiger charge is 2.30. The van der Waals surface area contributed by atoms with Crippen LogP contribution < -0.4 is 20.4 Å². The van der Waals surface area contributed by atoms with Gasteiger partial charge in [0, 0.05) is 25.4 Å². The molecule has 150 valence electrons. The van der Waals surface area contributed by atoms with Gasteiger partial charge in [0.05, 0.1) is 29.3 Å². The third-order valence-corrected chi connectivity index (χ3v) is 5.33. The van der Waals surface area contributed by atoms with Gasteiger partial charge in [-0.15, -0.1) is 0 Å². The number of nitrogens with one attached hydrogen (secondary N) is 2. The van der Waals surface area contributed by atoms with Crippen LogP contribution in [0, 0.1) is 0 Å². The van der Waals surface area contributed by atoms with Crippen LogP contribution in [0.5, 0.6) is 0 Å². The number of amides is 3. The van der Waals surface area contributed by atoms with Gasteiger partial charge in [-0.1, -0.05) is 24.3 Å². The molecule has 2 aromatic rings. The average Bonchev–Trinajstić information content (AvgIpc) is 3.08. The predicted octanol–water partition coefficient (Wildman–Crippen LogP) is 2.99. The monoisotopic (exact) mass is 392 g/mol. The summed E-state index contributed by atoms with van der Waals surface area (Å²) in [4.78, 5) is 40.8. The van der Waals surface area contributed by atoms with Gasteiger partial charge in [0.2, 0.25) is 17.7 Å². The second kappa shape index (κ2) is 7.95. The van der Waals surface area contributed by atoms with E-state index in [0.717, 1.165) is 17.8 Å². The minimum atomic E-state index is -0.261. The molecule has 2 N–H and O–H groups in total. The van der Waals surface area contributed by atoms with Gasteiger partial charge in [-0.05, 0) is 37.6 Å². The van der Waals surface area contributed by atoms with Crippen molar-refractivity contribution in [2.24, 2.45) is 0 Å². The number of hydrogen-bond acceptors (Lipinski definition) is 4. The van der Waals surface area contributed by atoms with Crippen molar-refractivity contribution in [3.05, 3.63) is 48.5 Å². The van der Waals surface area contributed by atoms with Crippen molar-refractivity contribution in [2.45, 2.75) is 32.2 Å². The quantitative estimate of drug-likeness (QED) is 0.838. The topological polar surface area (TPSA) is 81.8 Å². The van der Waals surface area contributed by atoms with Crippen LogP contribution in [0.2, 0.25) is 0 Å². The average molecular weight is 392 g/mol. The van der Waals surface area contributed by atoms with Gasteiger partial charge >= 0.3 is 0 Å². The van der Waals surface area contributed by atoms with E-state index in [2.05, 4.69) is 10.6 Å². The normalized spacial score (nSPS) is 18.9. The SMILES string of the molecule is C[C@@H]1CC(=O)Nc2ccccc2N1C(=O)CNc1ccccc1N1CCCC1=O. The molecule has 0 radical (unpaired) electrons. The molecular formula is C22H24N4O3. The lowest BCUT2D eigenvalue weighted by Crippen LogP contribution is -2.42. The smallest absolute Gasteiger partial charge is 0.246 e. The first kappa shape index (κ1) is 19.0. The van der Waals surface area contributed by atoms with Gasteiger partial charge in [-0.3, -0.25) is 14.4 Å². The number of nitrogens with zero attached hydrogens (tertiary/aromatic N) is 2. The van der Waals surface area contributed by atoms with Crippen LogP contribution in [0.1, 0.15) is 26.2 Å². The van der Waals surface area contributed by atoms with Crippen LogP contribution >= 0.6 is 0 Å². The van der Waals surface area contributed by atoms with Crippen LogP contribution in [-0.2, 0) is 14.4 Å². The lowest BCUT2D eigenvalue weighted by molar-refractivity contribution is -0.118. The van der Waals surface area contributed by atoms with Gasteiger partial charge < -0.3 is 20.4 Å². The number of anilines is 4. The van der Waals surface area contributed by atoms with E-state index in [4.69, 9.17) is 0 Å². The molecular weight excluding hydrogens is 368 g/mol. The fraction of sp³-hybridized carbons (Fsp3) is 0.318. The van der Waals surface area contributed by atoms with E-state index in [1.165, 1.54) is 0 Å². The molecule has 1 fully saturated rings. The summed E-state index contributed by atoms with van der Waals surface area (Å²) in [7, 11) is 0. The van der Waals surface area contributed by atoms with Crippen molar-refractivity contribution in [1.82, 2.24) is 0 Å². The Kier molecular flexibility index (Phi) is 5.20. The molecule has 2 heterocycles. The number of carbonyl (C=O) groups is 3. The van der Waals surface area contributed by atoms with Crippen molar-refractivity contribution in [1.29, 1.82) is 0 Å². The molecule has 0 aromatic heterocycles. The number of rotatable bonds is 4. The van der Waals surface area contributed by atoms with Crippen molar-refractivity contribution in [2.75, 3.05) is 33.5 Å². The molecule has 2 aliphatic rings. The van der Waals surface area contributed by atoms with E-state index in [0.29, 0.717) is 24.3 Å². The fourth-order valence-electron chi connectivity index (χ4n) is 3.99. The Morgan fingerprint density at radius 3 is 2.59 bits per heavy atom. The molecule has 0 bridgehead atoms. The molecule has 0 saturated carbocycles. The van der Waals surface area contributed by atoms with Crippen molar-refractivity contribution < 1.29 is 14.4 Å². The van der Waals surface area contributed by atoms with Crippen LogP contribution in [0.3, 0.4) is 0 Å². The maximum atomic E-state index is 13.1. The van der Waals surface area contributed by atoms with Crippen LogP contribution in [0.15, 0.2) is 48.5 Å². The molecule has 0 spiro atoms. The summed E-state index contributed by atoms with van der Waals surface area (Å²) in [6, 6.07) is 14.6. The number of fused-ring (bicyclic) bond motifs is 1. The third kappa shape index (κ3) is 3.81. The maximum Gasteiger partial charge on any atom is 0.246 e.